The molecule has 7 heteroatoms. The molecule has 0 bridgehead atoms. The summed E-state index contributed by atoms with van der Waals surface area (Å²) < 4.78 is 18.3. The van der Waals surface area contributed by atoms with Crippen molar-refractivity contribution in [1.29, 1.82) is 0 Å². The van der Waals surface area contributed by atoms with Crippen molar-refractivity contribution in [3.05, 3.63) is 46.2 Å². The number of hydrogen-bond donors (Lipinski definition) is 1. The second-order valence-electron chi connectivity index (χ2n) is 4.61. The number of thiazole rings is 1. The fourth-order valence-electron chi connectivity index (χ4n) is 1.76. The predicted octanol–water partition coefficient (Wildman–Crippen LogP) is 1.78. The highest BCUT2D eigenvalue weighted by molar-refractivity contribution is 7.09. The molecule has 1 aromatic heterocycles. The Labute approximate surface area is 126 Å². The number of nitrogens with two attached hydrogens (primary N) is 1. The molecule has 0 spiro atoms. The third-order valence-electron chi connectivity index (χ3n) is 2.63. The Morgan fingerprint density at radius 3 is 2.81 bits per heavy atom. The van der Waals surface area contributed by atoms with E-state index in [1.165, 1.54) is 23.5 Å². The van der Waals surface area contributed by atoms with Crippen LogP contribution in [0.15, 0.2) is 29.6 Å². The van der Waals surface area contributed by atoms with Gasteiger partial charge in [-0.05, 0) is 31.3 Å². The number of carbonyl (C=O) groups excluding carboxylic acids is 1. The van der Waals surface area contributed by atoms with Gasteiger partial charge in [0.05, 0.1) is 12.2 Å². The van der Waals surface area contributed by atoms with E-state index in [0.717, 1.165) is 10.7 Å². The summed E-state index contributed by atoms with van der Waals surface area (Å²) in [5, 5.41) is 2.74. The predicted molar refractivity (Wildman–Crippen MR) is 78.4 cm³/mol. The Kier molecular flexibility index (Phi) is 5.24. The average Bonchev–Trinajstić information content (AvgIpc) is 2.84. The Bertz CT molecular complexity index is 601. The topological polar surface area (TPSA) is 68.5 Å². The normalized spacial score (nSPS) is 10.8. The van der Waals surface area contributed by atoms with Gasteiger partial charge in [0.2, 0.25) is 5.91 Å². The summed E-state index contributed by atoms with van der Waals surface area (Å²) in [6.45, 7) is 1.07. The van der Waals surface area contributed by atoms with Gasteiger partial charge >= 0.3 is 0 Å². The highest BCUT2D eigenvalue weighted by atomic mass is 32.1. The molecule has 0 saturated carbocycles. The fourth-order valence-corrected chi connectivity index (χ4v) is 2.46. The van der Waals surface area contributed by atoms with Crippen molar-refractivity contribution >= 4 is 17.2 Å². The summed E-state index contributed by atoms with van der Waals surface area (Å²) in [6, 6.07) is 5.85. The van der Waals surface area contributed by atoms with Crippen LogP contribution in [0.4, 0.5) is 4.39 Å². The zero-order valence-corrected chi connectivity index (χ0v) is 12.4. The molecule has 0 aliphatic rings. The number of benzene rings is 1. The van der Waals surface area contributed by atoms with Crippen molar-refractivity contribution in [1.82, 2.24) is 9.88 Å². The van der Waals surface area contributed by atoms with Gasteiger partial charge in [-0.2, -0.15) is 0 Å². The van der Waals surface area contributed by atoms with E-state index in [0.29, 0.717) is 18.9 Å². The first-order valence-electron chi connectivity index (χ1n) is 6.31. The van der Waals surface area contributed by atoms with Gasteiger partial charge in [-0.15, -0.1) is 11.3 Å². The van der Waals surface area contributed by atoms with Crippen LogP contribution in [0.2, 0.25) is 0 Å². The number of amides is 1. The third kappa shape index (κ3) is 5.13. The molecular formula is C14H16FN3O2S. The number of ether oxygens (including phenoxy) is 1. The molecule has 2 N–H and O–H groups in total. The van der Waals surface area contributed by atoms with Crippen LogP contribution in [0.1, 0.15) is 10.7 Å². The van der Waals surface area contributed by atoms with E-state index in [-0.39, 0.29) is 18.3 Å². The number of rotatable bonds is 7. The molecule has 21 heavy (non-hydrogen) atoms. The number of carbonyl (C=O) groups is 1. The number of aromatic nitrogens is 1. The first kappa shape index (κ1) is 15.4. The van der Waals surface area contributed by atoms with Gasteiger partial charge in [-0.25, -0.2) is 9.37 Å². The zero-order valence-electron chi connectivity index (χ0n) is 11.6. The molecule has 1 heterocycles. The summed E-state index contributed by atoms with van der Waals surface area (Å²) >= 11 is 1.48. The minimum absolute atomic E-state index is 0.193. The van der Waals surface area contributed by atoms with Crippen molar-refractivity contribution in [2.75, 3.05) is 13.6 Å². The van der Waals surface area contributed by atoms with E-state index < -0.39 is 0 Å². The monoisotopic (exact) mass is 309 g/mol. The zero-order chi connectivity index (χ0) is 15.2. The van der Waals surface area contributed by atoms with Crippen molar-refractivity contribution in [2.24, 2.45) is 5.73 Å². The maximum Gasteiger partial charge on any atom is 0.231 e. The van der Waals surface area contributed by atoms with Crippen LogP contribution in [0.3, 0.4) is 0 Å². The van der Waals surface area contributed by atoms with E-state index in [9.17, 15) is 9.18 Å². The van der Waals surface area contributed by atoms with Crippen molar-refractivity contribution in [3.63, 3.8) is 0 Å². The van der Waals surface area contributed by atoms with Crippen LogP contribution in [0.5, 0.6) is 5.75 Å². The van der Waals surface area contributed by atoms with E-state index in [1.807, 2.05) is 5.38 Å². The van der Waals surface area contributed by atoms with Crippen molar-refractivity contribution in [3.8, 4) is 5.75 Å². The number of primary amides is 1. The highest BCUT2D eigenvalue weighted by Crippen LogP contribution is 2.16. The van der Waals surface area contributed by atoms with Crippen LogP contribution in [-0.2, 0) is 17.9 Å². The van der Waals surface area contributed by atoms with Gasteiger partial charge < -0.3 is 10.5 Å². The van der Waals surface area contributed by atoms with Crippen LogP contribution < -0.4 is 10.5 Å². The Morgan fingerprint density at radius 2 is 2.14 bits per heavy atom. The van der Waals surface area contributed by atoms with Crippen molar-refractivity contribution in [2.45, 2.75) is 13.2 Å². The maximum absolute atomic E-state index is 12.8. The number of nitrogens with zero attached hydrogens (tertiary/aromatic N) is 2. The van der Waals surface area contributed by atoms with Gasteiger partial charge in [0.15, 0.2) is 0 Å². The second-order valence-corrected chi connectivity index (χ2v) is 5.56. The SMILES string of the molecule is CN(CC(N)=O)Cc1csc(COc2ccc(F)cc2)n1. The van der Waals surface area contributed by atoms with Crippen LogP contribution in [0.25, 0.3) is 0 Å². The maximum atomic E-state index is 12.8. The molecule has 1 amide bonds. The van der Waals surface area contributed by atoms with Crippen molar-refractivity contribution < 1.29 is 13.9 Å². The summed E-state index contributed by atoms with van der Waals surface area (Å²) in [5.41, 5.74) is 5.99. The lowest BCUT2D eigenvalue weighted by Gasteiger charge is -2.11. The molecule has 0 aliphatic heterocycles. The number of likely N-dealkylation sites (N-methyl/N-ethyl adjacent to an activating group) is 1. The van der Waals surface area contributed by atoms with E-state index in [2.05, 4.69) is 4.98 Å². The van der Waals surface area contributed by atoms with Crippen LogP contribution >= 0.6 is 11.3 Å². The summed E-state index contributed by atoms with van der Waals surface area (Å²) in [6.07, 6.45) is 0. The first-order chi connectivity index (χ1) is 10.0. The standard InChI is InChI=1S/C14H16FN3O2S/c1-18(7-13(16)19)6-11-9-21-14(17-11)8-20-12-4-2-10(15)3-5-12/h2-5,9H,6-8H2,1H3,(H2,16,19). The summed E-state index contributed by atoms with van der Waals surface area (Å²) in [5.74, 6) is -0.0667. The van der Waals surface area contributed by atoms with Crippen LogP contribution in [-0.4, -0.2) is 29.4 Å². The minimum Gasteiger partial charge on any atom is -0.486 e. The molecule has 112 valence electrons. The molecule has 0 saturated heterocycles. The van der Waals surface area contributed by atoms with E-state index in [1.54, 1.807) is 24.1 Å². The Balaban J connectivity index is 1.85. The fraction of sp³-hybridized carbons (Fsp3) is 0.286. The lowest BCUT2D eigenvalue weighted by molar-refractivity contribution is -0.118. The lowest BCUT2D eigenvalue weighted by Crippen LogP contribution is -2.30. The second kappa shape index (κ2) is 7.14. The summed E-state index contributed by atoms with van der Waals surface area (Å²) in [7, 11) is 1.80. The molecular weight excluding hydrogens is 293 g/mol. The smallest absolute Gasteiger partial charge is 0.231 e. The molecule has 0 atom stereocenters. The largest absolute Gasteiger partial charge is 0.486 e. The molecule has 2 rings (SSSR count). The molecule has 0 unspecified atom stereocenters. The minimum atomic E-state index is -0.368. The van der Waals surface area contributed by atoms with Gasteiger partial charge in [0, 0.05) is 11.9 Å². The van der Waals surface area contributed by atoms with E-state index in [4.69, 9.17) is 10.5 Å². The van der Waals surface area contributed by atoms with Gasteiger partial charge in [0.1, 0.15) is 23.2 Å². The summed E-state index contributed by atoms with van der Waals surface area (Å²) in [4.78, 5) is 17.0. The first-order valence-corrected chi connectivity index (χ1v) is 7.19. The lowest BCUT2D eigenvalue weighted by atomic mass is 10.3. The molecule has 0 aliphatic carbocycles. The van der Waals surface area contributed by atoms with E-state index >= 15 is 0 Å². The Hall–Kier alpha value is -1.99. The molecule has 0 fully saturated rings. The quantitative estimate of drug-likeness (QED) is 0.846. The molecule has 5 nitrogen and oxygen atoms in total. The molecule has 0 radical (unpaired) electrons. The third-order valence-corrected chi connectivity index (χ3v) is 3.50. The van der Waals surface area contributed by atoms with Gasteiger partial charge in [-0.3, -0.25) is 9.69 Å². The molecule has 1 aromatic carbocycles. The average molecular weight is 309 g/mol. The van der Waals surface area contributed by atoms with Gasteiger partial charge in [0.25, 0.3) is 0 Å². The van der Waals surface area contributed by atoms with Crippen LogP contribution in [0, 0.1) is 5.82 Å². The Morgan fingerprint density at radius 1 is 1.43 bits per heavy atom. The number of halogens is 1. The highest BCUT2D eigenvalue weighted by Gasteiger charge is 2.08. The van der Waals surface area contributed by atoms with Gasteiger partial charge in [-0.1, -0.05) is 0 Å². The number of hydrogen-bond acceptors (Lipinski definition) is 5. The molecule has 2 aromatic rings.